The second-order valence-corrected chi connectivity index (χ2v) is 8.79. The van der Waals surface area contributed by atoms with E-state index >= 15 is 0 Å². The van der Waals surface area contributed by atoms with E-state index in [4.69, 9.17) is 9.47 Å². The standard InChI is InChI=1S/C24H33N3O5/c28-22-7-4-10-25(22)12-9-23(29)27-11-8-21(32-20-5-2-1-3-6-20)19(18-27)17-24(30)26-13-15-31-16-14-26/h1-3,5-6,19,21H,4,7-18H2/t19-,21-/m0/s1. The zero-order chi connectivity index (χ0) is 22.3. The highest BCUT2D eigenvalue weighted by molar-refractivity contribution is 5.80. The lowest BCUT2D eigenvalue weighted by Gasteiger charge is -2.39. The number of amides is 3. The molecule has 0 aliphatic carbocycles. The smallest absolute Gasteiger partial charge is 0.224 e. The van der Waals surface area contributed by atoms with E-state index in [0.717, 1.165) is 18.7 Å². The van der Waals surface area contributed by atoms with E-state index in [0.29, 0.717) is 71.6 Å². The molecule has 4 rings (SSSR count). The minimum Gasteiger partial charge on any atom is -0.490 e. The molecule has 3 amide bonds. The van der Waals surface area contributed by atoms with Gasteiger partial charge in [0.15, 0.2) is 0 Å². The quantitative estimate of drug-likeness (QED) is 0.639. The van der Waals surface area contributed by atoms with Crippen molar-refractivity contribution in [2.45, 2.75) is 38.2 Å². The van der Waals surface area contributed by atoms with Gasteiger partial charge in [-0.05, 0) is 18.6 Å². The Balaban J connectivity index is 1.38. The molecule has 3 heterocycles. The fourth-order valence-electron chi connectivity index (χ4n) is 4.76. The van der Waals surface area contributed by atoms with Crippen molar-refractivity contribution in [2.24, 2.45) is 5.92 Å². The molecule has 8 heteroatoms. The molecule has 3 aliphatic rings. The largest absolute Gasteiger partial charge is 0.490 e. The number of carbonyl (C=O) groups is 3. The van der Waals surface area contributed by atoms with Crippen molar-refractivity contribution in [2.75, 3.05) is 52.5 Å². The van der Waals surface area contributed by atoms with Gasteiger partial charge in [0.05, 0.1) is 13.2 Å². The number of carbonyl (C=O) groups excluding carboxylic acids is 3. The molecule has 0 unspecified atom stereocenters. The van der Waals surface area contributed by atoms with Crippen LogP contribution in [0.25, 0.3) is 0 Å². The SMILES string of the molecule is O=C1CCCN1CCC(=O)N1CC[C@H](Oc2ccccc2)[C@@H](CC(=O)N2CCOCC2)C1. The van der Waals surface area contributed by atoms with Crippen LogP contribution in [0.1, 0.15) is 32.1 Å². The Labute approximate surface area is 189 Å². The molecule has 32 heavy (non-hydrogen) atoms. The van der Waals surface area contributed by atoms with Gasteiger partial charge in [0.2, 0.25) is 17.7 Å². The lowest BCUT2D eigenvalue weighted by Crippen LogP contribution is -2.50. The summed E-state index contributed by atoms with van der Waals surface area (Å²) in [5.74, 6) is 0.996. The third-order valence-electron chi connectivity index (χ3n) is 6.62. The highest BCUT2D eigenvalue weighted by Crippen LogP contribution is 2.27. The normalized spacial score (nSPS) is 24.0. The van der Waals surface area contributed by atoms with Crippen molar-refractivity contribution in [3.05, 3.63) is 30.3 Å². The average Bonchev–Trinajstić information content (AvgIpc) is 3.24. The average molecular weight is 444 g/mol. The predicted molar refractivity (Wildman–Crippen MR) is 118 cm³/mol. The number of ether oxygens (including phenoxy) is 2. The second-order valence-electron chi connectivity index (χ2n) is 8.79. The molecular weight excluding hydrogens is 410 g/mol. The van der Waals surface area contributed by atoms with E-state index in [1.807, 2.05) is 40.1 Å². The second kappa shape index (κ2) is 10.8. The van der Waals surface area contributed by atoms with Crippen LogP contribution >= 0.6 is 0 Å². The minimum atomic E-state index is -0.119. The number of likely N-dealkylation sites (tertiary alicyclic amines) is 2. The van der Waals surface area contributed by atoms with Crippen LogP contribution in [0.5, 0.6) is 5.75 Å². The van der Waals surface area contributed by atoms with Gasteiger partial charge in [0.1, 0.15) is 11.9 Å². The first kappa shape index (κ1) is 22.6. The molecule has 2 atom stereocenters. The number of morpholine rings is 1. The molecule has 3 saturated heterocycles. The first-order valence-corrected chi connectivity index (χ1v) is 11.7. The van der Waals surface area contributed by atoms with Crippen molar-refractivity contribution in [3.8, 4) is 5.75 Å². The van der Waals surface area contributed by atoms with E-state index in [-0.39, 0.29) is 29.7 Å². The van der Waals surface area contributed by atoms with Crippen LogP contribution in [-0.2, 0) is 19.1 Å². The Morgan fingerprint density at radius 2 is 1.78 bits per heavy atom. The molecule has 0 saturated carbocycles. The van der Waals surface area contributed by atoms with Gasteiger partial charge in [0.25, 0.3) is 0 Å². The van der Waals surface area contributed by atoms with Crippen molar-refractivity contribution in [3.63, 3.8) is 0 Å². The van der Waals surface area contributed by atoms with Crippen molar-refractivity contribution in [1.29, 1.82) is 0 Å². The highest BCUT2D eigenvalue weighted by Gasteiger charge is 2.35. The number of rotatable bonds is 7. The van der Waals surface area contributed by atoms with Gasteiger partial charge >= 0.3 is 0 Å². The highest BCUT2D eigenvalue weighted by atomic mass is 16.5. The summed E-state index contributed by atoms with van der Waals surface area (Å²) < 4.78 is 11.6. The number of piperidine rings is 1. The maximum atomic E-state index is 12.9. The Hall–Kier alpha value is -2.61. The van der Waals surface area contributed by atoms with Crippen LogP contribution in [0.15, 0.2) is 30.3 Å². The third-order valence-corrected chi connectivity index (χ3v) is 6.62. The van der Waals surface area contributed by atoms with Crippen LogP contribution < -0.4 is 4.74 Å². The molecule has 0 radical (unpaired) electrons. The summed E-state index contributed by atoms with van der Waals surface area (Å²) in [6.45, 7) is 4.70. The Morgan fingerprint density at radius 3 is 2.50 bits per heavy atom. The van der Waals surface area contributed by atoms with Gasteiger partial charge < -0.3 is 24.2 Å². The third kappa shape index (κ3) is 5.79. The van der Waals surface area contributed by atoms with Crippen molar-refractivity contribution in [1.82, 2.24) is 14.7 Å². The van der Waals surface area contributed by atoms with E-state index in [1.54, 1.807) is 4.90 Å². The Bertz CT molecular complexity index is 796. The van der Waals surface area contributed by atoms with Crippen molar-refractivity contribution >= 4 is 17.7 Å². The van der Waals surface area contributed by atoms with Crippen LogP contribution in [-0.4, -0.2) is 91.0 Å². The van der Waals surface area contributed by atoms with Crippen LogP contribution in [0.3, 0.4) is 0 Å². The van der Waals surface area contributed by atoms with Crippen LogP contribution in [0.4, 0.5) is 0 Å². The van der Waals surface area contributed by atoms with Gasteiger partial charge in [-0.3, -0.25) is 14.4 Å². The summed E-state index contributed by atoms with van der Waals surface area (Å²) in [5, 5.41) is 0. The number of hydrogen-bond acceptors (Lipinski definition) is 5. The molecule has 0 N–H and O–H groups in total. The molecule has 0 spiro atoms. The lowest BCUT2D eigenvalue weighted by molar-refractivity contribution is -0.141. The molecule has 8 nitrogen and oxygen atoms in total. The van der Waals surface area contributed by atoms with E-state index in [2.05, 4.69) is 0 Å². The number of benzene rings is 1. The Morgan fingerprint density at radius 1 is 1.00 bits per heavy atom. The maximum Gasteiger partial charge on any atom is 0.224 e. The first-order valence-electron chi connectivity index (χ1n) is 11.7. The van der Waals surface area contributed by atoms with Gasteiger partial charge in [-0.1, -0.05) is 18.2 Å². The molecule has 3 aliphatic heterocycles. The maximum absolute atomic E-state index is 12.9. The summed E-state index contributed by atoms with van der Waals surface area (Å²) in [6, 6.07) is 9.65. The summed E-state index contributed by atoms with van der Waals surface area (Å²) in [6.07, 6.45) is 2.71. The first-order chi connectivity index (χ1) is 15.6. The topological polar surface area (TPSA) is 79.4 Å². The fraction of sp³-hybridized carbons (Fsp3) is 0.625. The summed E-state index contributed by atoms with van der Waals surface area (Å²) >= 11 is 0. The Kier molecular flexibility index (Phi) is 7.63. The zero-order valence-electron chi connectivity index (χ0n) is 18.6. The molecule has 1 aromatic carbocycles. The van der Waals surface area contributed by atoms with Gasteiger partial charge in [0, 0.05) is 70.9 Å². The molecule has 174 valence electrons. The van der Waals surface area contributed by atoms with Crippen LogP contribution in [0.2, 0.25) is 0 Å². The van der Waals surface area contributed by atoms with Gasteiger partial charge in [-0.15, -0.1) is 0 Å². The summed E-state index contributed by atoms with van der Waals surface area (Å²) in [5.41, 5.74) is 0. The van der Waals surface area contributed by atoms with Gasteiger partial charge in [-0.25, -0.2) is 0 Å². The summed E-state index contributed by atoms with van der Waals surface area (Å²) in [7, 11) is 0. The van der Waals surface area contributed by atoms with Crippen LogP contribution in [0, 0.1) is 5.92 Å². The van der Waals surface area contributed by atoms with E-state index in [9.17, 15) is 14.4 Å². The molecule has 3 fully saturated rings. The number of hydrogen-bond donors (Lipinski definition) is 0. The molecular formula is C24H33N3O5. The van der Waals surface area contributed by atoms with Crippen molar-refractivity contribution < 1.29 is 23.9 Å². The van der Waals surface area contributed by atoms with E-state index in [1.165, 1.54) is 0 Å². The number of nitrogens with zero attached hydrogens (tertiary/aromatic N) is 3. The molecule has 0 bridgehead atoms. The zero-order valence-corrected chi connectivity index (χ0v) is 18.6. The molecule has 1 aromatic rings. The molecule has 0 aromatic heterocycles. The van der Waals surface area contributed by atoms with E-state index < -0.39 is 0 Å². The predicted octanol–water partition coefficient (Wildman–Crippen LogP) is 1.54. The fourth-order valence-corrected chi connectivity index (χ4v) is 4.76. The summed E-state index contributed by atoms with van der Waals surface area (Å²) in [4.78, 5) is 43.2. The monoisotopic (exact) mass is 443 g/mol. The number of para-hydroxylation sites is 1. The minimum absolute atomic E-state index is 0.0479. The van der Waals surface area contributed by atoms with Gasteiger partial charge in [-0.2, -0.15) is 0 Å². The lowest BCUT2D eigenvalue weighted by atomic mass is 9.90.